The molecule has 1 unspecified atom stereocenters. The van der Waals surface area contributed by atoms with Gasteiger partial charge in [-0.15, -0.1) is 12.4 Å². The van der Waals surface area contributed by atoms with Crippen molar-refractivity contribution in [2.24, 2.45) is 5.73 Å². The predicted molar refractivity (Wildman–Crippen MR) is 77.5 cm³/mol. The van der Waals surface area contributed by atoms with E-state index in [1.807, 2.05) is 13.0 Å². The van der Waals surface area contributed by atoms with Gasteiger partial charge in [-0.1, -0.05) is 0 Å². The molecule has 1 aromatic carbocycles. The van der Waals surface area contributed by atoms with Gasteiger partial charge >= 0.3 is 0 Å². The predicted octanol–water partition coefficient (Wildman–Crippen LogP) is 2.09. The van der Waals surface area contributed by atoms with Crippen LogP contribution in [-0.4, -0.2) is 26.9 Å². The van der Waals surface area contributed by atoms with Crippen LogP contribution < -0.4 is 15.2 Å². The second-order valence-electron chi connectivity index (χ2n) is 4.71. The van der Waals surface area contributed by atoms with Gasteiger partial charge in [0.2, 0.25) is 0 Å². The van der Waals surface area contributed by atoms with Gasteiger partial charge in [0.25, 0.3) is 0 Å². The van der Waals surface area contributed by atoms with Crippen LogP contribution >= 0.6 is 12.4 Å². The van der Waals surface area contributed by atoms with Crippen molar-refractivity contribution in [2.75, 3.05) is 20.8 Å². The van der Waals surface area contributed by atoms with Gasteiger partial charge in [-0.2, -0.15) is 0 Å². The molecule has 0 aromatic heterocycles. The Bertz CT molecular complexity index is 435. The van der Waals surface area contributed by atoms with E-state index in [9.17, 15) is 0 Å². The van der Waals surface area contributed by atoms with E-state index in [0.717, 1.165) is 42.1 Å². The molecule has 2 N–H and O–H groups in total. The summed E-state index contributed by atoms with van der Waals surface area (Å²) in [6.45, 7) is 3.31. The standard InChI is InChI=1S/C14H21NO3.ClH/c1-9(15)6-10-7-13(16-2)11-4-5-18-8-12(11)14(10)17-3;/h7,9H,4-6,8,15H2,1-3H3;1H. The van der Waals surface area contributed by atoms with E-state index in [1.165, 1.54) is 5.56 Å². The SMILES string of the molecule is COc1cc(CC(C)N)c(OC)c2c1CCOC2.Cl. The summed E-state index contributed by atoms with van der Waals surface area (Å²) in [5.74, 6) is 1.83. The highest BCUT2D eigenvalue weighted by Gasteiger charge is 2.22. The molecule has 19 heavy (non-hydrogen) atoms. The molecule has 1 aliphatic rings. The molecule has 2 rings (SSSR count). The first-order valence-corrected chi connectivity index (χ1v) is 6.26. The van der Waals surface area contributed by atoms with Crippen molar-refractivity contribution in [1.82, 2.24) is 0 Å². The van der Waals surface area contributed by atoms with Gasteiger partial charge in [-0.05, 0) is 31.4 Å². The Morgan fingerprint density at radius 2 is 2.05 bits per heavy atom. The molecule has 1 aromatic rings. The van der Waals surface area contributed by atoms with E-state index in [2.05, 4.69) is 0 Å². The zero-order valence-electron chi connectivity index (χ0n) is 11.7. The lowest BCUT2D eigenvalue weighted by Crippen LogP contribution is -2.20. The van der Waals surface area contributed by atoms with Crippen molar-refractivity contribution in [1.29, 1.82) is 0 Å². The Hall–Kier alpha value is -0.970. The Balaban J connectivity index is 0.00000180. The summed E-state index contributed by atoms with van der Waals surface area (Å²) in [7, 11) is 3.40. The maximum absolute atomic E-state index is 5.89. The molecular formula is C14H22ClNO3. The summed E-state index contributed by atoms with van der Waals surface area (Å²) in [6.07, 6.45) is 1.64. The molecule has 0 amide bonds. The molecule has 5 heteroatoms. The van der Waals surface area contributed by atoms with E-state index >= 15 is 0 Å². The van der Waals surface area contributed by atoms with Crippen molar-refractivity contribution in [3.63, 3.8) is 0 Å². The van der Waals surface area contributed by atoms with E-state index in [4.69, 9.17) is 19.9 Å². The average molecular weight is 288 g/mol. The van der Waals surface area contributed by atoms with Crippen LogP contribution in [0.25, 0.3) is 0 Å². The number of ether oxygens (including phenoxy) is 3. The first-order valence-electron chi connectivity index (χ1n) is 6.26. The normalized spacial score (nSPS) is 15.2. The summed E-state index contributed by atoms with van der Waals surface area (Å²) < 4.78 is 16.6. The largest absolute Gasteiger partial charge is 0.496 e. The van der Waals surface area contributed by atoms with Gasteiger partial charge < -0.3 is 19.9 Å². The molecule has 1 heterocycles. The van der Waals surface area contributed by atoms with Crippen molar-refractivity contribution in [3.05, 3.63) is 22.8 Å². The highest BCUT2D eigenvalue weighted by molar-refractivity contribution is 5.85. The first kappa shape index (κ1) is 16.1. The summed E-state index contributed by atoms with van der Waals surface area (Å²) in [6, 6.07) is 2.14. The zero-order valence-corrected chi connectivity index (χ0v) is 12.5. The second-order valence-corrected chi connectivity index (χ2v) is 4.71. The lowest BCUT2D eigenvalue weighted by atomic mass is 9.95. The van der Waals surface area contributed by atoms with Gasteiger partial charge in [0.15, 0.2) is 0 Å². The number of halogens is 1. The van der Waals surface area contributed by atoms with Gasteiger partial charge in [0.05, 0.1) is 27.4 Å². The van der Waals surface area contributed by atoms with Crippen molar-refractivity contribution in [3.8, 4) is 11.5 Å². The monoisotopic (exact) mass is 287 g/mol. The van der Waals surface area contributed by atoms with E-state index < -0.39 is 0 Å². The van der Waals surface area contributed by atoms with Crippen LogP contribution in [0.5, 0.6) is 11.5 Å². The molecule has 0 saturated heterocycles. The van der Waals surface area contributed by atoms with Crippen LogP contribution in [0.1, 0.15) is 23.6 Å². The summed E-state index contributed by atoms with van der Waals surface area (Å²) in [4.78, 5) is 0. The van der Waals surface area contributed by atoms with Gasteiger partial charge in [-0.25, -0.2) is 0 Å². The smallest absolute Gasteiger partial charge is 0.128 e. The fourth-order valence-electron chi connectivity index (χ4n) is 2.50. The van der Waals surface area contributed by atoms with Crippen LogP contribution in [0.2, 0.25) is 0 Å². The average Bonchev–Trinajstić information content (AvgIpc) is 2.37. The van der Waals surface area contributed by atoms with E-state index in [-0.39, 0.29) is 18.4 Å². The molecule has 1 atom stereocenters. The Morgan fingerprint density at radius 1 is 1.32 bits per heavy atom. The molecule has 0 fully saturated rings. The fraction of sp³-hybridized carbons (Fsp3) is 0.571. The fourth-order valence-corrected chi connectivity index (χ4v) is 2.50. The number of fused-ring (bicyclic) bond motifs is 1. The van der Waals surface area contributed by atoms with Crippen LogP contribution in [0.15, 0.2) is 6.07 Å². The Morgan fingerprint density at radius 3 is 2.63 bits per heavy atom. The van der Waals surface area contributed by atoms with E-state index in [1.54, 1.807) is 14.2 Å². The third-order valence-corrected chi connectivity index (χ3v) is 3.24. The third kappa shape index (κ3) is 3.32. The van der Waals surface area contributed by atoms with Crippen molar-refractivity contribution < 1.29 is 14.2 Å². The van der Waals surface area contributed by atoms with Crippen molar-refractivity contribution in [2.45, 2.75) is 32.4 Å². The molecule has 0 bridgehead atoms. The second kappa shape index (κ2) is 6.98. The number of nitrogens with two attached hydrogens (primary N) is 1. The topological polar surface area (TPSA) is 53.7 Å². The van der Waals surface area contributed by atoms with Gasteiger partial charge in [0.1, 0.15) is 11.5 Å². The highest BCUT2D eigenvalue weighted by Crippen LogP contribution is 2.37. The number of rotatable bonds is 4. The van der Waals surface area contributed by atoms with Crippen LogP contribution in [0, 0.1) is 0 Å². The molecule has 1 aliphatic heterocycles. The lowest BCUT2D eigenvalue weighted by molar-refractivity contribution is 0.107. The summed E-state index contributed by atoms with van der Waals surface area (Å²) in [5.41, 5.74) is 9.29. The maximum Gasteiger partial charge on any atom is 0.128 e. The van der Waals surface area contributed by atoms with Crippen LogP contribution in [0.4, 0.5) is 0 Å². The first-order chi connectivity index (χ1) is 8.67. The molecule has 4 nitrogen and oxygen atoms in total. The summed E-state index contributed by atoms with van der Waals surface area (Å²) >= 11 is 0. The Kier molecular flexibility index (Phi) is 5.91. The molecule has 0 radical (unpaired) electrons. The highest BCUT2D eigenvalue weighted by atomic mass is 35.5. The van der Waals surface area contributed by atoms with Crippen molar-refractivity contribution >= 4 is 12.4 Å². The number of benzene rings is 1. The van der Waals surface area contributed by atoms with Gasteiger partial charge in [0, 0.05) is 17.2 Å². The third-order valence-electron chi connectivity index (χ3n) is 3.24. The Labute approximate surface area is 120 Å². The molecule has 0 aliphatic carbocycles. The minimum Gasteiger partial charge on any atom is -0.496 e. The lowest BCUT2D eigenvalue weighted by Gasteiger charge is -2.24. The zero-order chi connectivity index (χ0) is 13.1. The molecule has 0 spiro atoms. The maximum atomic E-state index is 5.89. The minimum absolute atomic E-state index is 0. The van der Waals surface area contributed by atoms with Gasteiger partial charge in [-0.3, -0.25) is 0 Å². The quantitative estimate of drug-likeness (QED) is 0.921. The van der Waals surface area contributed by atoms with E-state index in [0.29, 0.717) is 6.61 Å². The number of methoxy groups -OCH3 is 2. The number of hydrogen-bond donors (Lipinski definition) is 1. The molecular weight excluding hydrogens is 266 g/mol. The molecule has 0 saturated carbocycles. The van der Waals surface area contributed by atoms with Crippen LogP contribution in [0.3, 0.4) is 0 Å². The summed E-state index contributed by atoms with van der Waals surface area (Å²) in [5, 5.41) is 0. The minimum atomic E-state index is 0. The molecule has 108 valence electrons. The van der Waals surface area contributed by atoms with Crippen LogP contribution in [-0.2, 0) is 24.2 Å². The number of hydrogen-bond acceptors (Lipinski definition) is 4.